The molecule has 0 fully saturated rings. The number of hydrogen-bond acceptors (Lipinski definition) is 3. The van der Waals surface area contributed by atoms with Crippen LogP contribution in [0.2, 0.25) is 0 Å². The van der Waals surface area contributed by atoms with Crippen LogP contribution in [0, 0.1) is 6.92 Å². The van der Waals surface area contributed by atoms with Crippen molar-refractivity contribution in [2.45, 2.75) is 39.8 Å². The number of aromatic amines is 1. The molecule has 0 radical (unpaired) electrons. The Kier molecular flexibility index (Phi) is 7.34. The van der Waals surface area contributed by atoms with Gasteiger partial charge >= 0.3 is 0 Å². The number of fused-ring (bicyclic) bond motifs is 2. The molecular weight excluding hydrogens is 472 g/mol. The molecule has 2 atom stereocenters. The minimum atomic E-state index is -0.642. The maximum Gasteiger partial charge on any atom is 0.255 e. The highest BCUT2D eigenvalue weighted by atomic mass is 16.2. The van der Waals surface area contributed by atoms with Gasteiger partial charge in [0.25, 0.3) is 5.91 Å². The minimum absolute atomic E-state index is 0.114. The summed E-state index contributed by atoms with van der Waals surface area (Å²) in [6.45, 7) is 11.3. The molecule has 0 saturated carbocycles. The summed E-state index contributed by atoms with van der Waals surface area (Å²) < 4.78 is 0. The van der Waals surface area contributed by atoms with E-state index < -0.39 is 12.1 Å². The Bertz CT molecular complexity index is 1450. The molecule has 1 aliphatic heterocycles. The van der Waals surface area contributed by atoms with E-state index in [-0.39, 0.29) is 11.8 Å². The molecule has 3 aromatic carbocycles. The number of nitrogens with zero attached hydrogens (tertiary/aromatic N) is 2. The van der Waals surface area contributed by atoms with Crippen LogP contribution in [-0.4, -0.2) is 58.8 Å². The number of aryl methyl sites for hydroxylation is 1. The number of rotatable bonds is 9. The van der Waals surface area contributed by atoms with Gasteiger partial charge in [0.05, 0.1) is 11.7 Å². The SMILES string of the molecule is CCN(CC)CCNC(=O)[C@@H](C)N1C(=O)c2ccccc2[C@H]1c1c(-c2ccc(C)cc2)[nH]c2ccccc12. The largest absolute Gasteiger partial charge is 0.354 e. The average molecular weight is 509 g/mol. The number of likely N-dealkylation sites (N-methyl/N-ethyl adjacent to an activating group) is 1. The fraction of sp³-hybridized carbons (Fsp3) is 0.312. The van der Waals surface area contributed by atoms with Crippen molar-refractivity contribution >= 4 is 22.7 Å². The summed E-state index contributed by atoms with van der Waals surface area (Å²) in [5, 5.41) is 4.13. The molecule has 1 aliphatic rings. The predicted octanol–water partition coefficient (Wildman–Crippen LogP) is 5.54. The zero-order chi connectivity index (χ0) is 26.8. The van der Waals surface area contributed by atoms with Crippen LogP contribution < -0.4 is 5.32 Å². The quantitative estimate of drug-likeness (QED) is 0.312. The summed E-state index contributed by atoms with van der Waals surface area (Å²) >= 11 is 0. The fourth-order valence-electron chi connectivity index (χ4n) is 5.58. The number of carbonyl (C=O) groups excluding carboxylic acids is 2. The van der Waals surface area contributed by atoms with Crippen molar-refractivity contribution in [3.05, 3.63) is 95.1 Å². The van der Waals surface area contributed by atoms with E-state index in [4.69, 9.17) is 0 Å². The number of carbonyl (C=O) groups is 2. The minimum Gasteiger partial charge on any atom is -0.354 e. The van der Waals surface area contributed by atoms with Gasteiger partial charge in [0.2, 0.25) is 5.91 Å². The van der Waals surface area contributed by atoms with Crippen LogP contribution in [-0.2, 0) is 4.79 Å². The number of para-hydroxylation sites is 1. The van der Waals surface area contributed by atoms with E-state index in [2.05, 4.69) is 72.4 Å². The molecule has 0 spiro atoms. The molecule has 2 heterocycles. The summed E-state index contributed by atoms with van der Waals surface area (Å²) in [6, 6.07) is 23.3. The van der Waals surface area contributed by atoms with Crippen LogP contribution in [0.4, 0.5) is 0 Å². The number of nitrogens with one attached hydrogen (secondary N) is 2. The maximum atomic E-state index is 13.9. The van der Waals surface area contributed by atoms with E-state index in [9.17, 15) is 9.59 Å². The van der Waals surface area contributed by atoms with Crippen molar-refractivity contribution in [2.75, 3.05) is 26.2 Å². The fourth-order valence-corrected chi connectivity index (χ4v) is 5.58. The van der Waals surface area contributed by atoms with Gasteiger partial charge in [-0.3, -0.25) is 9.59 Å². The number of benzene rings is 3. The highest BCUT2D eigenvalue weighted by Crippen LogP contribution is 2.46. The van der Waals surface area contributed by atoms with Crippen LogP contribution in [0.5, 0.6) is 0 Å². The standard InChI is InChI=1S/C32H36N4O2/c1-5-35(6-2)20-19-33-31(37)22(4)36-30(24-11-7-8-12-25(24)32(36)38)28-26-13-9-10-14-27(26)34-29(28)23-17-15-21(3)16-18-23/h7-18,22,30,34H,5-6,19-20H2,1-4H3,(H,33,37)/t22-,30+/m1/s1. The van der Waals surface area contributed by atoms with E-state index in [0.717, 1.165) is 52.9 Å². The number of aromatic nitrogens is 1. The molecule has 0 aliphatic carbocycles. The highest BCUT2D eigenvalue weighted by molar-refractivity contribution is 6.04. The van der Waals surface area contributed by atoms with Gasteiger partial charge in [-0.15, -0.1) is 0 Å². The van der Waals surface area contributed by atoms with Crippen molar-refractivity contribution in [3.8, 4) is 11.3 Å². The van der Waals surface area contributed by atoms with Crippen LogP contribution in [0.1, 0.15) is 53.9 Å². The summed E-state index contributed by atoms with van der Waals surface area (Å²) in [6.07, 6.45) is 0. The lowest BCUT2D eigenvalue weighted by atomic mass is 9.92. The van der Waals surface area contributed by atoms with Crippen molar-refractivity contribution in [3.63, 3.8) is 0 Å². The molecule has 38 heavy (non-hydrogen) atoms. The van der Waals surface area contributed by atoms with Crippen molar-refractivity contribution in [1.29, 1.82) is 0 Å². The molecule has 0 saturated heterocycles. The molecule has 2 amide bonds. The van der Waals surface area contributed by atoms with Crippen LogP contribution in [0.3, 0.4) is 0 Å². The average Bonchev–Trinajstić information content (AvgIpc) is 3.46. The lowest BCUT2D eigenvalue weighted by Gasteiger charge is -2.31. The maximum absolute atomic E-state index is 13.9. The Labute approximate surface area is 224 Å². The Morgan fingerprint density at radius 2 is 1.68 bits per heavy atom. The van der Waals surface area contributed by atoms with Crippen LogP contribution in [0.15, 0.2) is 72.8 Å². The second kappa shape index (κ2) is 10.8. The number of H-pyrrole nitrogens is 1. The molecule has 6 heteroatoms. The molecule has 0 bridgehead atoms. The topological polar surface area (TPSA) is 68.4 Å². The third kappa shape index (κ3) is 4.61. The second-order valence-corrected chi connectivity index (χ2v) is 10.0. The molecule has 4 aromatic rings. The molecular formula is C32H36N4O2. The summed E-state index contributed by atoms with van der Waals surface area (Å²) in [4.78, 5) is 35.0. The van der Waals surface area contributed by atoms with Gasteiger partial charge in [0, 0.05) is 35.1 Å². The smallest absolute Gasteiger partial charge is 0.255 e. The first-order valence-corrected chi connectivity index (χ1v) is 13.5. The highest BCUT2D eigenvalue weighted by Gasteiger charge is 2.44. The van der Waals surface area contributed by atoms with Gasteiger partial charge in [0.15, 0.2) is 0 Å². The first-order valence-electron chi connectivity index (χ1n) is 13.5. The lowest BCUT2D eigenvalue weighted by molar-refractivity contribution is -0.125. The van der Waals surface area contributed by atoms with Crippen molar-refractivity contribution in [1.82, 2.24) is 20.1 Å². The van der Waals surface area contributed by atoms with Gasteiger partial charge in [-0.2, -0.15) is 0 Å². The van der Waals surface area contributed by atoms with E-state index in [1.54, 1.807) is 4.90 Å². The normalized spacial score (nSPS) is 15.8. The third-order valence-corrected chi connectivity index (χ3v) is 7.78. The Balaban J connectivity index is 1.59. The Hall–Kier alpha value is -3.90. The van der Waals surface area contributed by atoms with Gasteiger partial charge in [-0.25, -0.2) is 0 Å². The van der Waals surface area contributed by atoms with Gasteiger partial charge in [-0.05, 0) is 50.2 Å². The third-order valence-electron chi connectivity index (χ3n) is 7.78. The first kappa shape index (κ1) is 25.7. The molecule has 196 valence electrons. The van der Waals surface area contributed by atoms with Gasteiger partial charge in [0.1, 0.15) is 6.04 Å². The molecule has 2 N–H and O–H groups in total. The summed E-state index contributed by atoms with van der Waals surface area (Å²) in [5.41, 5.74) is 6.81. The van der Waals surface area contributed by atoms with E-state index in [0.29, 0.717) is 12.1 Å². The number of amides is 2. The van der Waals surface area contributed by atoms with Crippen molar-refractivity contribution in [2.24, 2.45) is 0 Å². The predicted molar refractivity (Wildman–Crippen MR) is 153 cm³/mol. The first-order chi connectivity index (χ1) is 18.4. The lowest BCUT2D eigenvalue weighted by Crippen LogP contribution is -2.48. The van der Waals surface area contributed by atoms with E-state index >= 15 is 0 Å². The van der Waals surface area contributed by atoms with Crippen LogP contribution >= 0.6 is 0 Å². The van der Waals surface area contributed by atoms with E-state index in [1.807, 2.05) is 43.3 Å². The summed E-state index contributed by atoms with van der Waals surface area (Å²) in [5.74, 6) is -0.253. The van der Waals surface area contributed by atoms with Gasteiger partial charge < -0.3 is 20.1 Å². The Morgan fingerprint density at radius 3 is 2.42 bits per heavy atom. The zero-order valence-corrected chi connectivity index (χ0v) is 22.6. The zero-order valence-electron chi connectivity index (χ0n) is 22.6. The second-order valence-electron chi connectivity index (χ2n) is 10.0. The molecule has 1 aromatic heterocycles. The van der Waals surface area contributed by atoms with E-state index in [1.165, 1.54) is 5.56 Å². The van der Waals surface area contributed by atoms with Crippen molar-refractivity contribution < 1.29 is 9.59 Å². The molecule has 0 unspecified atom stereocenters. The molecule has 6 nitrogen and oxygen atoms in total. The monoisotopic (exact) mass is 508 g/mol. The number of hydrogen-bond donors (Lipinski definition) is 2. The molecule has 5 rings (SSSR count). The van der Waals surface area contributed by atoms with Crippen LogP contribution in [0.25, 0.3) is 22.2 Å². The summed E-state index contributed by atoms with van der Waals surface area (Å²) in [7, 11) is 0. The Morgan fingerprint density at radius 1 is 1.00 bits per heavy atom. The van der Waals surface area contributed by atoms with Gasteiger partial charge in [-0.1, -0.05) is 80.1 Å².